The maximum Gasteiger partial charge on any atom is 3.00 e. The van der Waals surface area contributed by atoms with Crippen molar-refractivity contribution in [1.82, 2.24) is 34.1 Å². The fourth-order valence-corrected chi connectivity index (χ4v) is 9.75. The third-order valence-corrected chi connectivity index (χ3v) is 13.6. The van der Waals surface area contributed by atoms with Crippen molar-refractivity contribution in [2.45, 2.75) is 12.8 Å². The summed E-state index contributed by atoms with van der Waals surface area (Å²) in [6.45, 7) is 0. The monoisotopic (exact) mass is 1110 g/mol. The van der Waals surface area contributed by atoms with Gasteiger partial charge in [-0.3, -0.25) is 0 Å². The van der Waals surface area contributed by atoms with Crippen molar-refractivity contribution in [1.29, 1.82) is 0 Å². The van der Waals surface area contributed by atoms with Crippen LogP contribution in [0.4, 0.5) is 0 Å². The van der Waals surface area contributed by atoms with E-state index in [4.69, 9.17) is 15.0 Å². The number of pyridine rings is 3. The van der Waals surface area contributed by atoms with E-state index in [1.54, 1.807) is 12.4 Å². The van der Waals surface area contributed by atoms with Crippen LogP contribution in [0.15, 0.2) is 231 Å². The molecule has 7 aromatic carbocycles. The molecule has 12 aromatic rings. The van der Waals surface area contributed by atoms with E-state index in [1.807, 2.05) is 79.5 Å². The van der Waals surface area contributed by atoms with Crippen LogP contribution in [0, 0.1) is 18.2 Å². The maximum atomic E-state index is 5.02. The Balaban J connectivity index is 0.00000543. The molecule has 0 radical (unpaired) electrons. The quantitative estimate of drug-likeness (QED) is 0.121. The molecule has 73 heavy (non-hydrogen) atoms. The number of rotatable bonds is 11. The maximum absolute atomic E-state index is 5.02. The van der Waals surface area contributed by atoms with Gasteiger partial charge in [0.2, 0.25) is 0 Å². The summed E-state index contributed by atoms with van der Waals surface area (Å²) < 4.78 is 4.22. The minimum Gasteiger partial charge on any atom is -0.341 e. The molecule has 13 rings (SSSR count). The summed E-state index contributed by atoms with van der Waals surface area (Å²) in [6.07, 6.45) is 15.5. The number of hydrogen-bond donors (Lipinski definition) is 0. The van der Waals surface area contributed by atoms with Gasteiger partial charge in [0.25, 0.3) is 0 Å². The molecule has 5 heterocycles. The van der Waals surface area contributed by atoms with E-state index in [-0.39, 0.29) is 20.1 Å². The van der Waals surface area contributed by atoms with Crippen molar-refractivity contribution in [3.8, 4) is 112 Å². The van der Waals surface area contributed by atoms with Gasteiger partial charge < -0.3 is 24.1 Å². The summed E-state index contributed by atoms with van der Waals surface area (Å²) in [6, 6.07) is 76.2. The summed E-state index contributed by atoms with van der Waals surface area (Å²) >= 11 is 0. The third kappa shape index (κ3) is 8.84. The average Bonchev–Trinajstić information content (AvgIpc) is 4.16. The minimum atomic E-state index is 0. The number of hydrogen-bond acceptors (Lipinski definition) is 5. The minimum absolute atomic E-state index is 0. The van der Waals surface area contributed by atoms with Crippen molar-refractivity contribution < 1.29 is 20.1 Å². The molecule has 0 unspecified atom stereocenters. The molecule has 0 saturated heterocycles. The summed E-state index contributed by atoms with van der Waals surface area (Å²) in [4.78, 5) is 24.1. The van der Waals surface area contributed by atoms with Crippen molar-refractivity contribution in [3.63, 3.8) is 0 Å². The predicted molar refractivity (Wildman–Crippen MR) is 287 cm³/mol. The topological polar surface area (TPSA) is 74.3 Å². The van der Waals surface area contributed by atoms with Gasteiger partial charge in [-0.25, -0.2) is 9.97 Å². The van der Waals surface area contributed by atoms with Crippen molar-refractivity contribution >= 4 is 0 Å². The van der Waals surface area contributed by atoms with Crippen LogP contribution in [-0.4, -0.2) is 34.1 Å². The number of benzene rings is 7. The SMILES string of the molecule is [Ir+3].[c-]1cc(-n2ccnc2-c2cc(-c3ccccc3-c3c[c-]c(-c4cc5c(cn4)CC5)cc3-c3ccc(-c4ccccc4)cc3)cc(-c3nccn3-c3c[c-]c(-c4ccccn4)cc3)c2)ccc1-c1ccccn1. The number of fused-ring (bicyclic) bond motifs is 1. The number of aryl methyl sites for hydroxylation is 2. The van der Waals surface area contributed by atoms with E-state index in [9.17, 15) is 0 Å². The molecule has 7 nitrogen and oxygen atoms in total. The molecule has 0 spiro atoms. The van der Waals surface area contributed by atoms with E-state index in [0.29, 0.717) is 0 Å². The second-order valence-electron chi connectivity index (χ2n) is 17.9. The Labute approximate surface area is 437 Å². The molecule has 0 fully saturated rings. The van der Waals surface area contributed by atoms with E-state index < -0.39 is 0 Å². The van der Waals surface area contributed by atoms with E-state index >= 15 is 0 Å². The Morgan fingerprint density at radius 3 is 1.45 bits per heavy atom. The van der Waals surface area contributed by atoms with Gasteiger partial charge in [-0.1, -0.05) is 131 Å². The molecule has 0 bridgehead atoms. The van der Waals surface area contributed by atoms with Gasteiger partial charge in [0.1, 0.15) is 11.6 Å². The molecular formula is C65H42IrN7. The van der Waals surface area contributed by atoms with Crippen LogP contribution in [0.5, 0.6) is 0 Å². The Bertz CT molecular complexity index is 3750. The third-order valence-electron chi connectivity index (χ3n) is 13.6. The first-order chi connectivity index (χ1) is 35.7. The average molecular weight is 1110 g/mol. The smallest absolute Gasteiger partial charge is 0.341 e. The zero-order valence-electron chi connectivity index (χ0n) is 39.3. The van der Waals surface area contributed by atoms with Gasteiger partial charge in [-0.05, 0) is 105 Å². The molecule has 5 aromatic heterocycles. The summed E-state index contributed by atoms with van der Waals surface area (Å²) in [5.41, 5.74) is 20.6. The van der Waals surface area contributed by atoms with E-state index in [0.717, 1.165) is 120 Å². The Kier molecular flexibility index (Phi) is 12.2. The van der Waals surface area contributed by atoms with Gasteiger partial charge in [0.05, 0.1) is 0 Å². The molecule has 0 N–H and O–H groups in total. The Hall–Kier alpha value is -8.94. The van der Waals surface area contributed by atoms with Gasteiger partial charge in [0, 0.05) is 54.5 Å². The first-order valence-electron chi connectivity index (χ1n) is 24.1. The van der Waals surface area contributed by atoms with E-state index in [1.165, 1.54) is 16.7 Å². The molecule has 8 heteroatoms. The molecule has 0 saturated carbocycles. The van der Waals surface area contributed by atoms with Crippen molar-refractivity contribution in [3.05, 3.63) is 261 Å². The molecule has 0 atom stereocenters. The molecule has 0 amide bonds. The van der Waals surface area contributed by atoms with Crippen LogP contribution in [0.2, 0.25) is 0 Å². The summed E-state index contributed by atoms with van der Waals surface area (Å²) in [5, 5.41) is 0. The zero-order chi connectivity index (χ0) is 47.8. The Morgan fingerprint density at radius 1 is 0.342 bits per heavy atom. The number of nitrogens with zero attached hydrogens (tertiary/aromatic N) is 7. The molecule has 1 aliphatic carbocycles. The van der Waals surface area contributed by atoms with Gasteiger partial charge in [-0.15, -0.1) is 83.4 Å². The Morgan fingerprint density at radius 2 is 0.890 bits per heavy atom. The second-order valence-corrected chi connectivity index (χ2v) is 17.9. The molecule has 1 aliphatic rings. The molecular weight excluding hydrogens is 1070 g/mol. The second kappa shape index (κ2) is 19.7. The van der Waals surface area contributed by atoms with Crippen LogP contribution < -0.4 is 0 Å². The van der Waals surface area contributed by atoms with Gasteiger partial charge >= 0.3 is 20.1 Å². The largest absolute Gasteiger partial charge is 3.00 e. The standard InChI is InChI=1S/C65H42N7.Ir/c1-2-10-44(11-3-1)45-16-18-46(19-17-45)60-41-50(63-42-49-20-21-51(49)43-70-63)26-31-59(60)58-13-5-4-12-57(58)52-38-53(64-68-34-36-71(64)55-27-22-47(23-28-55)61-14-6-8-32-66-61)40-54(39-52)65-69-35-37-72(65)56-29-24-48(25-30-56)62-15-7-9-33-67-62;/h1-19,22,24,27-43H,20-21H2;/q-3;+3. The van der Waals surface area contributed by atoms with Crippen molar-refractivity contribution in [2.75, 3.05) is 0 Å². The normalized spacial score (nSPS) is 11.6. The van der Waals surface area contributed by atoms with Gasteiger partial charge in [-0.2, -0.15) is 0 Å². The van der Waals surface area contributed by atoms with Crippen LogP contribution in [-0.2, 0) is 32.9 Å². The summed E-state index contributed by atoms with van der Waals surface area (Å²) in [7, 11) is 0. The first kappa shape index (κ1) is 45.2. The molecule has 0 aliphatic heterocycles. The fourth-order valence-electron chi connectivity index (χ4n) is 9.75. The fraction of sp³-hybridized carbons (Fsp3) is 0.0308. The molecule has 346 valence electrons. The van der Waals surface area contributed by atoms with Crippen LogP contribution >= 0.6 is 0 Å². The van der Waals surface area contributed by atoms with E-state index in [2.05, 4.69) is 177 Å². The predicted octanol–water partition coefficient (Wildman–Crippen LogP) is 14.7. The number of aromatic nitrogens is 7. The van der Waals surface area contributed by atoms with Crippen LogP contribution in [0.3, 0.4) is 0 Å². The first-order valence-corrected chi connectivity index (χ1v) is 24.1. The van der Waals surface area contributed by atoms with Crippen LogP contribution in [0.1, 0.15) is 11.1 Å². The zero-order valence-corrected chi connectivity index (χ0v) is 41.7. The van der Waals surface area contributed by atoms with Crippen molar-refractivity contribution in [2.24, 2.45) is 0 Å². The summed E-state index contributed by atoms with van der Waals surface area (Å²) in [5.74, 6) is 1.56. The number of imidazole rings is 2. The van der Waals surface area contributed by atoms with Crippen LogP contribution in [0.25, 0.3) is 112 Å². The van der Waals surface area contributed by atoms with Gasteiger partial charge in [0.15, 0.2) is 0 Å².